The summed E-state index contributed by atoms with van der Waals surface area (Å²) in [6.45, 7) is 2.22. The van der Waals surface area contributed by atoms with Crippen LogP contribution in [0.3, 0.4) is 0 Å². The highest BCUT2D eigenvalue weighted by Gasteiger charge is 2.11. The Morgan fingerprint density at radius 3 is 2.76 bits per heavy atom. The van der Waals surface area contributed by atoms with Gasteiger partial charge in [0.25, 0.3) is 5.56 Å². The van der Waals surface area contributed by atoms with Crippen molar-refractivity contribution in [1.29, 1.82) is 0 Å². The molecule has 0 saturated heterocycles. The minimum atomic E-state index is -0.426. The molecule has 146 valence electrons. The van der Waals surface area contributed by atoms with Crippen molar-refractivity contribution in [2.45, 2.75) is 26.5 Å². The highest BCUT2D eigenvalue weighted by molar-refractivity contribution is 5.77. The van der Waals surface area contributed by atoms with E-state index in [2.05, 4.69) is 9.97 Å². The summed E-state index contributed by atoms with van der Waals surface area (Å²) in [7, 11) is 0. The van der Waals surface area contributed by atoms with Crippen molar-refractivity contribution in [2.75, 3.05) is 0 Å². The van der Waals surface area contributed by atoms with Gasteiger partial charge < -0.3 is 9.15 Å². The number of carbonyl (C=O) groups excluding carboxylic acids is 1. The Bertz CT molecular complexity index is 1210. The number of hydrogen-bond donors (Lipinski definition) is 0. The predicted octanol–water partition coefficient (Wildman–Crippen LogP) is 3.49. The van der Waals surface area contributed by atoms with E-state index in [0.29, 0.717) is 22.5 Å². The van der Waals surface area contributed by atoms with Gasteiger partial charge in [0.15, 0.2) is 0 Å². The molecule has 0 spiro atoms. The zero-order valence-electron chi connectivity index (χ0n) is 15.9. The van der Waals surface area contributed by atoms with E-state index in [0.717, 1.165) is 11.1 Å². The van der Waals surface area contributed by atoms with Crippen molar-refractivity contribution >= 4 is 16.9 Å². The third kappa shape index (κ3) is 4.24. The third-order valence-electron chi connectivity index (χ3n) is 4.52. The molecule has 2 aromatic carbocycles. The van der Waals surface area contributed by atoms with Gasteiger partial charge in [0.2, 0.25) is 5.89 Å². The van der Waals surface area contributed by atoms with Crippen molar-refractivity contribution in [3.05, 3.63) is 82.7 Å². The predicted molar refractivity (Wildman–Crippen MR) is 107 cm³/mol. The maximum atomic E-state index is 12.4. The number of rotatable bonds is 6. The Hall–Kier alpha value is -3.74. The fourth-order valence-corrected chi connectivity index (χ4v) is 2.91. The van der Waals surface area contributed by atoms with Crippen LogP contribution in [-0.2, 0) is 22.7 Å². The molecule has 29 heavy (non-hydrogen) atoms. The Kier molecular flexibility index (Phi) is 5.20. The molecule has 0 fully saturated rings. The lowest BCUT2D eigenvalue weighted by molar-refractivity contribution is -0.145. The molecular formula is C22H19N3O4. The number of hydrogen-bond acceptors (Lipinski definition) is 6. The second-order valence-electron chi connectivity index (χ2n) is 6.68. The van der Waals surface area contributed by atoms with Crippen LogP contribution in [0.25, 0.3) is 22.4 Å². The highest BCUT2D eigenvalue weighted by Crippen LogP contribution is 2.19. The van der Waals surface area contributed by atoms with E-state index in [1.807, 2.05) is 37.3 Å². The number of nitrogens with zero attached hydrogens (tertiary/aromatic N) is 3. The lowest BCUT2D eigenvalue weighted by atomic mass is 10.1. The number of benzene rings is 2. The van der Waals surface area contributed by atoms with Crippen LogP contribution in [0.5, 0.6) is 0 Å². The normalized spacial score (nSPS) is 10.9. The number of esters is 1. The number of carbonyl (C=O) groups is 1. The van der Waals surface area contributed by atoms with Crippen molar-refractivity contribution in [3.8, 4) is 11.5 Å². The van der Waals surface area contributed by atoms with Crippen molar-refractivity contribution < 1.29 is 13.9 Å². The fraction of sp³-hybridized carbons (Fsp3) is 0.182. The van der Waals surface area contributed by atoms with E-state index in [9.17, 15) is 9.59 Å². The number of fused-ring (bicyclic) bond motifs is 1. The van der Waals surface area contributed by atoms with Crippen LogP contribution in [0.4, 0.5) is 0 Å². The van der Waals surface area contributed by atoms with E-state index >= 15 is 0 Å². The molecule has 0 aliphatic rings. The third-order valence-corrected chi connectivity index (χ3v) is 4.52. The molecule has 0 aliphatic carbocycles. The molecule has 0 bridgehead atoms. The molecule has 7 heteroatoms. The molecule has 4 aromatic rings. The molecule has 0 N–H and O–H groups in total. The first-order valence-corrected chi connectivity index (χ1v) is 9.21. The van der Waals surface area contributed by atoms with Gasteiger partial charge in [-0.1, -0.05) is 29.8 Å². The number of oxazole rings is 1. The van der Waals surface area contributed by atoms with Gasteiger partial charge in [0.1, 0.15) is 18.6 Å². The summed E-state index contributed by atoms with van der Waals surface area (Å²) in [6.07, 6.45) is 2.98. The summed E-state index contributed by atoms with van der Waals surface area (Å²) < 4.78 is 12.1. The van der Waals surface area contributed by atoms with E-state index in [-0.39, 0.29) is 25.1 Å². The minimum Gasteiger partial charge on any atom is -0.459 e. The standard InChI is InChI=1S/C22H19N3O4/c1-15-6-8-16(9-7-15)21-24-17(13-29-21)12-28-20(26)10-11-25-14-23-19-5-3-2-4-18(19)22(25)27/h2-9,13-14H,10-12H2,1H3. The molecular weight excluding hydrogens is 370 g/mol. The van der Waals surface area contributed by atoms with Gasteiger partial charge in [0, 0.05) is 12.1 Å². The molecule has 7 nitrogen and oxygen atoms in total. The number of aryl methyl sites for hydroxylation is 2. The van der Waals surface area contributed by atoms with Crippen LogP contribution in [-0.4, -0.2) is 20.5 Å². The smallest absolute Gasteiger partial charge is 0.307 e. The van der Waals surface area contributed by atoms with Gasteiger partial charge in [-0.05, 0) is 31.2 Å². The maximum Gasteiger partial charge on any atom is 0.307 e. The first-order valence-electron chi connectivity index (χ1n) is 9.21. The van der Waals surface area contributed by atoms with Crippen LogP contribution in [0.2, 0.25) is 0 Å². The summed E-state index contributed by atoms with van der Waals surface area (Å²) >= 11 is 0. The number of para-hydroxylation sites is 1. The average Bonchev–Trinajstić information content (AvgIpc) is 3.21. The van der Waals surface area contributed by atoms with Crippen LogP contribution in [0.1, 0.15) is 17.7 Å². The van der Waals surface area contributed by atoms with Crippen molar-refractivity contribution in [2.24, 2.45) is 0 Å². The molecule has 0 atom stereocenters. The molecule has 0 unspecified atom stereocenters. The molecule has 2 aromatic heterocycles. The van der Waals surface area contributed by atoms with Gasteiger partial charge in [-0.3, -0.25) is 14.2 Å². The second kappa shape index (κ2) is 8.10. The van der Waals surface area contributed by atoms with Crippen LogP contribution in [0.15, 0.2) is 70.3 Å². The first kappa shape index (κ1) is 18.6. The molecule has 0 aliphatic heterocycles. The van der Waals surface area contributed by atoms with Crippen LogP contribution < -0.4 is 5.56 Å². The molecule has 0 radical (unpaired) electrons. The fourth-order valence-electron chi connectivity index (χ4n) is 2.91. The Labute approximate surface area is 166 Å². The largest absolute Gasteiger partial charge is 0.459 e. The summed E-state index contributed by atoms with van der Waals surface area (Å²) in [5, 5.41) is 0.523. The lowest BCUT2D eigenvalue weighted by Gasteiger charge is -2.06. The van der Waals surface area contributed by atoms with Crippen LogP contribution >= 0.6 is 0 Å². The van der Waals surface area contributed by atoms with E-state index in [4.69, 9.17) is 9.15 Å². The summed E-state index contributed by atoms with van der Waals surface area (Å²) in [6, 6.07) is 14.9. The highest BCUT2D eigenvalue weighted by atomic mass is 16.5. The van der Waals surface area contributed by atoms with E-state index in [1.165, 1.54) is 17.2 Å². The van der Waals surface area contributed by atoms with Gasteiger partial charge in [0.05, 0.1) is 23.7 Å². The number of aromatic nitrogens is 3. The second-order valence-corrected chi connectivity index (χ2v) is 6.68. The zero-order chi connectivity index (χ0) is 20.2. The van der Waals surface area contributed by atoms with Gasteiger partial charge in [-0.2, -0.15) is 0 Å². The minimum absolute atomic E-state index is 0.0130. The average molecular weight is 389 g/mol. The molecule has 0 saturated carbocycles. The summed E-state index contributed by atoms with van der Waals surface area (Å²) in [5.74, 6) is 0.0507. The van der Waals surface area contributed by atoms with Gasteiger partial charge in [-0.25, -0.2) is 9.97 Å². The van der Waals surface area contributed by atoms with Crippen molar-refractivity contribution in [3.63, 3.8) is 0 Å². The Balaban J connectivity index is 1.33. The topological polar surface area (TPSA) is 87.2 Å². The monoisotopic (exact) mass is 389 g/mol. The van der Waals surface area contributed by atoms with Gasteiger partial charge >= 0.3 is 5.97 Å². The van der Waals surface area contributed by atoms with E-state index in [1.54, 1.807) is 18.2 Å². The Morgan fingerprint density at radius 2 is 1.93 bits per heavy atom. The zero-order valence-corrected chi connectivity index (χ0v) is 15.9. The summed E-state index contributed by atoms with van der Waals surface area (Å²) in [5.41, 5.74) is 2.99. The summed E-state index contributed by atoms with van der Waals surface area (Å²) in [4.78, 5) is 33.1. The first-order chi connectivity index (χ1) is 14.1. The molecule has 4 rings (SSSR count). The quantitative estimate of drug-likeness (QED) is 0.469. The Morgan fingerprint density at radius 1 is 1.14 bits per heavy atom. The van der Waals surface area contributed by atoms with Gasteiger partial charge in [-0.15, -0.1) is 0 Å². The van der Waals surface area contributed by atoms with Crippen molar-refractivity contribution in [1.82, 2.24) is 14.5 Å². The number of ether oxygens (including phenoxy) is 1. The lowest BCUT2D eigenvalue weighted by Crippen LogP contribution is -2.22. The van der Waals surface area contributed by atoms with Crippen LogP contribution in [0, 0.1) is 6.92 Å². The van der Waals surface area contributed by atoms with E-state index < -0.39 is 5.97 Å². The molecule has 2 heterocycles. The molecule has 0 amide bonds. The SMILES string of the molecule is Cc1ccc(-c2nc(COC(=O)CCn3cnc4ccccc4c3=O)co2)cc1. The maximum absolute atomic E-state index is 12.4.